The number of carbonyl (C=O) groups is 1. The molecule has 168 valence electrons. The number of primary amides is 1. The van der Waals surface area contributed by atoms with Gasteiger partial charge in [0.2, 0.25) is 0 Å². The monoisotopic (exact) mass is 478 g/mol. The topological polar surface area (TPSA) is 109 Å². The van der Waals surface area contributed by atoms with E-state index < -0.39 is 40.5 Å². The van der Waals surface area contributed by atoms with Gasteiger partial charge in [-0.25, -0.2) is 4.79 Å². The number of amides is 1. The third-order valence-corrected chi connectivity index (χ3v) is 6.08. The number of nitrogens with two attached hydrogens (primary N) is 1. The minimum absolute atomic E-state index is 0.0592. The number of alkyl halides is 3. The Balaban J connectivity index is 2.19. The number of benzene rings is 1. The number of hydrogen-bond donors (Lipinski definition) is 1. The summed E-state index contributed by atoms with van der Waals surface area (Å²) in [4.78, 5) is 10.9. The second kappa shape index (κ2) is 8.08. The van der Waals surface area contributed by atoms with Crippen LogP contribution in [-0.2, 0) is 21.3 Å². The van der Waals surface area contributed by atoms with Gasteiger partial charge in [-0.2, -0.15) is 26.7 Å². The minimum Gasteiger partial charge on any atom is -0.334 e. The second-order valence-corrected chi connectivity index (χ2v) is 9.03. The van der Waals surface area contributed by atoms with Crippen molar-refractivity contribution in [3.05, 3.63) is 46.7 Å². The molecule has 1 aromatic carbocycles. The zero-order chi connectivity index (χ0) is 23.1. The zero-order valence-corrected chi connectivity index (χ0v) is 17.9. The van der Waals surface area contributed by atoms with Crippen molar-refractivity contribution < 1.29 is 30.6 Å². The summed E-state index contributed by atoms with van der Waals surface area (Å²) in [5.74, 6) is -2.46. The predicted molar refractivity (Wildman–Crippen MR) is 108 cm³/mol. The molecule has 0 radical (unpaired) electrons. The molecule has 1 atom stereocenters. The molecule has 1 unspecified atom stereocenters. The van der Waals surface area contributed by atoms with Crippen molar-refractivity contribution in [3.8, 4) is 5.82 Å². The summed E-state index contributed by atoms with van der Waals surface area (Å²) in [5.41, 5.74) is 5.64. The smallest absolute Gasteiger partial charge is 0.334 e. The number of aromatic nitrogens is 3. The molecular formula is C18H18ClF3N4O4S. The van der Waals surface area contributed by atoms with Gasteiger partial charge >= 0.3 is 22.4 Å². The Hall–Kier alpha value is -2.73. The van der Waals surface area contributed by atoms with Crippen molar-refractivity contribution in [2.24, 2.45) is 12.8 Å². The maximum atomic E-state index is 13.4. The second-order valence-electron chi connectivity index (χ2n) is 6.98. The number of aryl methyl sites for hydroxylation is 2. The third kappa shape index (κ3) is 5.13. The summed E-state index contributed by atoms with van der Waals surface area (Å²) in [6, 6.07) is 6.73. The molecule has 1 amide bonds. The maximum absolute atomic E-state index is 13.4. The van der Waals surface area contributed by atoms with Gasteiger partial charge in [-0.3, -0.25) is 4.68 Å². The molecule has 0 aliphatic heterocycles. The Bertz CT molecular complexity index is 1250. The molecule has 2 aromatic heterocycles. The van der Waals surface area contributed by atoms with Crippen LogP contribution < -0.4 is 5.73 Å². The molecule has 0 aliphatic carbocycles. The summed E-state index contributed by atoms with van der Waals surface area (Å²) in [6.07, 6.45) is -6.17. The lowest BCUT2D eigenvalue weighted by atomic mass is 9.96. The maximum Gasteiger partial charge on any atom is 0.420 e. The first kappa shape index (κ1) is 22.9. The fourth-order valence-electron chi connectivity index (χ4n) is 3.65. The van der Waals surface area contributed by atoms with Crippen LogP contribution in [0.3, 0.4) is 0 Å². The molecule has 8 nitrogen and oxygen atoms in total. The Morgan fingerprint density at radius 3 is 2.61 bits per heavy atom. The van der Waals surface area contributed by atoms with Gasteiger partial charge in [0, 0.05) is 35.1 Å². The van der Waals surface area contributed by atoms with Crippen LogP contribution in [-0.4, -0.2) is 40.8 Å². The van der Waals surface area contributed by atoms with E-state index in [9.17, 15) is 26.4 Å². The normalized spacial score (nSPS) is 13.5. The molecule has 3 aromatic rings. The number of nitrogens with zero attached hydrogens (tertiary/aromatic N) is 3. The Kier molecular flexibility index (Phi) is 5.98. The zero-order valence-electron chi connectivity index (χ0n) is 16.4. The van der Waals surface area contributed by atoms with Gasteiger partial charge in [0.05, 0.1) is 23.4 Å². The quantitative estimate of drug-likeness (QED) is 0.542. The fraction of sp³-hybridized carbons (Fsp3) is 0.333. The standard InChI is InChI=1S/C18H18ClF3N4O4S/c1-10-15(12(8-18(20,21)22)9-31(28,29)30-17(23)27)16(25(2)24-10)26-6-5-11-7-13(19)3-4-14(11)26/h3-7,12H,8-9H2,1-2H3,(H2,23,27). The molecule has 2 heterocycles. The number of carbonyl (C=O) groups excluding carboxylic acids is 1. The van der Waals surface area contributed by atoms with Gasteiger partial charge in [0.15, 0.2) is 0 Å². The van der Waals surface area contributed by atoms with Crippen LogP contribution in [0.5, 0.6) is 0 Å². The highest BCUT2D eigenvalue weighted by molar-refractivity contribution is 7.87. The SMILES string of the molecule is Cc1nn(C)c(-n2ccc3cc(Cl)ccc32)c1C(CC(F)(F)F)CS(=O)(=O)OC(N)=O. The van der Waals surface area contributed by atoms with E-state index in [0.717, 1.165) is 5.39 Å². The Labute approximate surface area is 180 Å². The number of fused-ring (bicyclic) bond motifs is 1. The van der Waals surface area contributed by atoms with Crippen LogP contribution >= 0.6 is 11.6 Å². The van der Waals surface area contributed by atoms with Crippen molar-refractivity contribution in [3.63, 3.8) is 0 Å². The Morgan fingerprint density at radius 1 is 1.32 bits per heavy atom. The highest BCUT2D eigenvalue weighted by Gasteiger charge is 2.39. The Morgan fingerprint density at radius 2 is 2.00 bits per heavy atom. The highest BCUT2D eigenvalue weighted by Crippen LogP contribution is 2.38. The molecule has 0 saturated carbocycles. The lowest BCUT2D eigenvalue weighted by Crippen LogP contribution is -2.27. The van der Waals surface area contributed by atoms with Crippen molar-refractivity contribution >= 4 is 38.7 Å². The van der Waals surface area contributed by atoms with E-state index in [0.29, 0.717) is 10.5 Å². The molecular weight excluding hydrogens is 461 g/mol. The van der Waals surface area contributed by atoms with Crippen LogP contribution in [0.4, 0.5) is 18.0 Å². The van der Waals surface area contributed by atoms with E-state index in [2.05, 4.69) is 9.28 Å². The number of rotatable bonds is 6. The first-order chi connectivity index (χ1) is 14.3. The van der Waals surface area contributed by atoms with Crippen LogP contribution in [0.15, 0.2) is 30.5 Å². The largest absolute Gasteiger partial charge is 0.420 e. The van der Waals surface area contributed by atoms with Gasteiger partial charge in [0.25, 0.3) is 0 Å². The molecule has 0 spiro atoms. The van der Waals surface area contributed by atoms with E-state index in [1.54, 1.807) is 35.0 Å². The summed E-state index contributed by atoms with van der Waals surface area (Å²) in [5, 5.41) is 5.42. The third-order valence-electron chi connectivity index (χ3n) is 4.62. The highest BCUT2D eigenvalue weighted by atomic mass is 35.5. The molecule has 0 fully saturated rings. The first-order valence-electron chi connectivity index (χ1n) is 8.86. The van der Waals surface area contributed by atoms with Crippen molar-refractivity contribution in [2.75, 3.05) is 5.75 Å². The summed E-state index contributed by atoms with van der Waals surface area (Å²) in [7, 11) is -3.15. The lowest BCUT2D eigenvalue weighted by molar-refractivity contribution is -0.137. The van der Waals surface area contributed by atoms with E-state index in [4.69, 9.17) is 17.3 Å². The van der Waals surface area contributed by atoms with Crippen molar-refractivity contribution in [1.82, 2.24) is 14.3 Å². The number of hydrogen-bond acceptors (Lipinski definition) is 5. The van der Waals surface area contributed by atoms with Gasteiger partial charge in [-0.15, -0.1) is 0 Å². The average molecular weight is 479 g/mol. The summed E-state index contributed by atoms with van der Waals surface area (Å²) < 4.78 is 71.4. The van der Waals surface area contributed by atoms with E-state index >= 15 is 0 Å². The lowest BCUT2D eigenvalue weighted by Gasteiger charge is -2.20. The van der Waals surface area contributed by atoms with Gasteiger partial charge < -0.3 is 14.5 Å². The van der Waals surface area contributed by atoms with Crippen LogP contribution in [0.1, 0.15) is 23.6 Å². The molecule has 0 saturated heterocycles. The molecule has 13 heteroatoms. The minimum atomic E-state index is -4.70. The van der Waals surface area contributed by atoms with E-state index in [-0.39, 0.29) is 17.1 Å². The molecule has 0 bridgehead atoms. The van der Waals surface area contributed by atoms with Crippen molar-refractivity contribution in [1.29, 1.82) is 0 Å². The summed E-state index contributed by atoms with van der Waals surface area (Å²) in [6.45, 7) is 1.48. The summed E-state index contributed by atoms with van der Waals surface area (Å²) >= 11 is 6.01. The first-order valence-corrected chi connectivity index (χ1v) is 10.8. The van der Waals surface area contributed by atoms with E-state index in [1.165, 1.54) is 18.7 Å². The average Bonchev–Trinajstić information content (AvgIpc) is 3.10. The molecule has 31 heavy (non-hydrogen) atoms. The molecule has 0 aliphatic rings. The number of halogens is 4. The van der Waals surface area contributed by atoms with Gasteiger partial charge in [-0.1, -0.05) is 11.6 Å². The van der Waals surface area contributed by atoms with Crippen LogP contribution in [0.25, 0.3) is 16.7 Å². The van der Waals surface area contributed by atoms with Gasteiger partial charge in [0.1, 0.15) is 5.82 Å². The molecule has 3 rings (SSSR count). The van der Waals surface area contributed by atoms with E-state index in [1.807, 2.05) is 0 Å². The predicted octanol–water partition coefficient (Wildman–Crippen LogP) is 3.79. The van der Waals surface area contributed by atoms with Crippen molar-refractivity contribution in [2.45, 2.75) is 25.4 Å². The van der Waals surface area contributed by atoms with Crippen LogP contribution in [0.2, 0.25) is 5.02 Å². The fourth-order valence-corrected chi connectivity index (χ4v) is 4.93. The van der Waals surface area contributed by atoms with Gasteiger partial charge in [-0.05, 0) is 31.2 Å². The van der Waals surface area contributed by atoms with Crippen LogP contribution in [0, 0.1) is 6.92 Å². The molecule has 2 N–H and O–H groups in total.